The van der Waals surface area contributed by atoms with E-state index in [0.717, 1.165) is 19.4 Å². The lowest BCUT2D eigenvalue weighted by Gasteiger charge is -2.38. The van der Waals surface area contributed by atoms with Crippen LogP contribution in [0.1, 0.15) is 38.2 Å². The van der Waals surface area contributed by atoms with Gasteiger partial charge in [-0.2, -0.15) is 0 Å². The Morgan fingerprint density at radius 2 is 2.00 bits per heavy atom. The first kappa shape index (κ1) is 15.0. The Morgan fingerprint density at radius 1 is 1.40 bits per heavy atom. The second kappa shape index (κ2) is 6.35. The van der Waals surface area contributed by atoms with Crippen molar-refractivity contribution in [3.05, 3.63) is 35.6 Å². The first-order valence-electron chi connectivity index (χ1n) is 7.27. The number of rotatable bonds is 5. The molecule has 0 bridgehead atoms. The fraction of sp³-hybridized carbons (Fsp3) is 0.562. The van der Waals surface area contributed by atoms with Gasteiger partial charge in [0.25, 0.3) is 0 Å². The highest BCUT2D eigenvalue weighted by Gasteiger charge is 2.32. The molecule has 1 aliphatic rings. The number of amides is 1. The molecule has 1 aliphatic carbocycles. The molecule has 1 N–H and O–H groups in total. The highest BCUT2D eigenvalue weighted by Crippen LogP contribution is 2.37. The van der Waals surface area contributed by atoms with Gasteiger partial charge in [-0.05, 0) is 50.3 Å². The molecule has 0 radical (unpaired) electrons. The normalized spacial score (nSPS) is 23.0. The zero-order valence-electron chi connectivity index (χ0n) is 12.4. The summed E-state index contributed by atoms with van der Waals surface area (Å²) >= 11 is 0. The van der Waals surface area contributed by atoms with Crippen LogP contribution in [0.25, 0.3) is 0 Å². The number of carbonyl (C=O) groups excluding carboxylic acids is 1. The van der Waals surface area contributed by atoms with Crippen LogP contribution in [0.2, 0.25) is 0 Å². The van der Waals surface area contributed by atoms with E-state index in [-0.39, 0.29) is 17.8 Å². The molecule has 110 valence electrons. The van der Waals surface area contributed by atoms with E-state index in [0.29, 0.717) is 12.0 Å². The maximum atomic E-state index is 12.9. The van der Waals surface area contributed by atoms with Gasteiger partial charge < -0.3 is 10.2 Å². The average molecular weight is 278 g/mol. The predicted molar refractivity (Wildman–Crippen MR) is 78.1 cm³/mol. The van der Waals surface area contributed by atoms with Crippen molar-refractivity contribution in [2.45, 2.75) is 44.7 Å². The number of hydrogen-bond acceptors (Lipinski definition) is 2. The van der Waals surface area contributed by atoms with Gasteiger partial charge in [0.2, 0.25) is 5.91 Å². The van der Waals surface area contributed by atoms with E-state index in [4.69, 9.17) is 0 Å². The monoisotopic (exact) mass is 278 g/mol. The number of nitrogens with zero attached hydrogens (tertiary/aromatic N) is 1. The van der Waals surface area contributed by atoms with Gasteiger partial charge in [-0.25, -0.2) is 4.39 Å². The molecule has 4 heteroatoms. The zero-order valence-corrected chi connectivity index (χ0v) is 12.4. The van der Waals surface area contributed by atoms with Gasteiger partial charge >= 0.3 is 0 Å². The van der Waals surface area contributed by atoms with E-state index >= 15 is 0 Å². The van der Waals surface area contributed by atoms with E-state index in [1.165, 1.54) is 17.7 Å². The van der Waals surface area contributed by atoms with Crippen molar-refractivity contribution >= 4 is 5.91 Å². The average Bonchev–Trinajstić information content (AvgIpc) is 2.41. The highest BCUT2D eigenvalue weighted by atomic mass is 19.1. The molecule has 1 unspecified atom stereocenters. The number of hydrogen-bond donors (Lipinski definition) is 1. The van der Waals surface area contributed by atoms with Crippen molar-refractivity contribution in [1.82, 2.24) is 10.2 Å². The van der Waals surface area contributed by atoms with E-state index in [9.17, 15) is 9.18 Å². The Bertz CT molecular complexity index is 454. The van der Waals surface area contributed by atoms with Crippen molar-refractivity contribution in [3.63, 3.8) is 0 Å². The Kier molecular flexibility index (Phi) is 4.76. The predicted octanol–water partition coefficient (Wildman–Crippen LogP) is 2.53. The van der Waals surface area contributed by atoms with Crippen molar-refractivity contribution in [2.24, 2.45) is 0 Å². The molecule has 1 fully saturated rings. The van der Waals surface area contributed by atoms with Gasteiger partial charge in [0.1, 0.15) is 5.82 Å². The summed E-state index contributed by atoms with van der Waals surface area (Å²) in [5, 5.41) is 3.38. The van der Waals surface area contributed by atoms with E-state index in [2.05, 4.69) is 5.32 Å². The first-order chi connectivity index (χ1) is 9.51. The van der Waals surface area contributed by atoms with Gasteiger partial charge in [-0.15, -0.1) is 0 Å². The zero-order chi connectivity index (χ0) is 14.7. The number of nitrogens with one attached hydrogen (secondary N) is 1. The van der Waals surface area contributed by atoms with Crippen LogP contribution in [-0.4, -0.2) is 36.5 Å². The molecule has 0 spiro atoms. The third-order valence-electron chi connectivity index (χ3n) is 4.19. The molecular weight excluding hydrogens is 255 g/mol. The van der Waals surface area contributed by atoms with Crippen molar-refractivity contribution in [1.29, 1.82) is 0 Å². The first-order valence-corrected chi connectivity index (χ1v) is 7.27. The molecule has 1 saturated carbocycles. The lowest BCUT2D eigenvalue weighted by atomic mass is 9.75. The molecule has 1 aromatic carbocycles. The topological polar surface area (TPSA) is 32.3 Å². The van der Waals surface area contributed by atoms with Crippen LogP contribution in [-0.2, 0) is 4.79 Å². The fourth-order valence-corrected chi connectivity index (χ4v) is 2.67. The molecule has 0 aliphatic heterocycles. The molecule has 0 aromatic heterocycles. The molecule has 1 atom stereocenters. The summed E-state index contributed by atoms with van der Waals surface area (Å²) in [6.45, 7) is 4.62. The fourth-order valence-electron chi connectivity index (χ4n) is 2.67. The summed E-state index contributed by atoms with van der Waals surface area (Å²) in [4.78, 5) is 13.7. The van der Waals surface area contributed by atoms with Crippen LogP contribution in [0.4, 0.5) is 4.39 Å². The standard InChI is InChI=1S/C16H23FN2O/c1-4-19(3)16(20)11(2)18-15-9-13(10-15)12-5-7-14(17)8-6-12/h5-8,11,13,15,18H,4,9-10H2,1-3H3. The maximum absolute atomic E-state index is 12.9. The van der Waals surface area contributed by atoms with Gasteiger partial charge in [0, 0.05) is 19.6 Å². The molecule has 3 nitrogen and oxygen atoms in total. The van der Waals surface area contributed by atoms with Crippen LogP contribution in [0.5, 0.6) is 0 Å². The second-order valence-corrected chi connectivity index (χ2v) is 5.66. The lowest BCUT2D eigenvalue weighted by Crippen LogP contribution is -2.50. The Morgan fingerprint density at radius 3 is 2.55 bits per heavy atom. The largest absolute Gasteiger partial charge is 0.345 e. The van der Waals surface area contributed by atoms with Gasteiger partial charge in [-0.3, -0.25) is 4.79 Å². The molecular formula is C16H23FN2O. The Balaban J connectivity index is 1.79. The van der Waals surface area contributed by atoms with E-state index < -0.39 is 0 Å². The minimum absolute atomic E-state index is 0.137. The highest BCUT2D eigenvalue weighted by molar-refractivity contribution is 5.81. The Hall–Kier alpha value is -1.42. The number of benzene rings is 1. The van der Waals surface area contributed by atoms with Gasteiger partial charge in [-0.1, -0.05) is 12.1 Å². The van der Waals surface area contributed by atoms with Crippen LogP contribution in [0, 0.1) is 5.82 Å². The smallest absolute Gasteiger partial charge is 0.239 e. The number of likely N-dealkylation sites (N-methyl/N-ethyl adjacent to an activating group) is 1. The van der Waals surface area contributed by atoms with Crippen LogP contribution in [0.3, 0.4) is 0 Å². The second-order valence-electron chi connectivity index (χ2n) is 5.66. The van der Waals surface area contributed by atoms with E-state index in [1.807, 2.05) is 33.0 Å². The summed E-state index contributed by atoms with van der Waals surface area (Å²) in [7, 11) is 1.82. The van der Waals surface area contributed by atoms with Crippen molar-refractivity contribution in [3.8, 4) is 0 Å². The lowest BCUT2D eigenvalue weighted by molar-refractivity contribution is -0.131. The molecule has 0 heterocycles. The molecule has 1 aromatic rings. The Labute approximate surface area is 120 Å². The van der Waals surface area contributed by atoms with Crippen LogP contribution >= 0.6 is 0 Å². The summed E-state index contributed by atoms with van der Waals surface area (Å²) in [5.74, 6) is 0.432. The third kappa shape index (κ3) is 3.37. The third-order valence-corrected chi connectivity index (χ3v) is 4.19. The van der Waals surface area contributed by atoms with Crippen molar-refractivity contribution in [2.75, 3.05) is 13.6 Å². The molecule has 2 rings (SSSR count). The van der Waals surface area contributed by atoms with Gasteiger partial charge in [0.15, 0.2) is 0 Å². The summed E-state index contributed by atoms with van der Waals surface area (Å²) in [6, 6.07) is 6.98. The minimum atomic E-state index is -0.190. The molecule has 20 heavy (non-hydrogen) atoms. The SMILES string of the molecule is CCN(C)C(=O)C(C)NC1CC(c2ccc(F)cc2)C1. The summed E-state index contributed by atoms with van der Waals surface area (Å²) in [6.07, 6.45) is 2.03. The number of halogens is 1. The van der Waals surface area contributed by atoms with Gasteiger partial charge in [0.05, 0.1) is 6.04 Å². The maximum Gasteiger partial charge on any atom is 0.239 e. The quantitative estimate of drug-likeness (QED) is 0.897. The minimum Gasteiger partial charge on any atom is -0.345 e. The van der Waals surface area contributed by atoms with Crippen molar-refractivity contribution < 1.29 is 9.18 Å². The molecule has 1 amide bonds. The van der Waals surface area contributed by atoms with Crippen LogP contribution < -0.4 is 5.32 Å². The molecule has 0 saturated heterocycles. The summed E-state index contributed by atoms with van der Waals surface area (Å²) < 4.78 is 12.9. The summed E-state index contributed by atoms with van der Waals surface area (Å²) in [5.41, 5.74) is 1.19. The van der Waals surface area contributed by atoms with Crippen LogP contribution in [0.15, 0.2) is 24.3 Å². The number of carbonyl (C=O) groups is 1. The van der Waals surface area contributed by atoms with E-state index in [1.54, 1.807) is 4.90 Å².